The molecule has 8 heteroatoms. The summed E-state index contributed by atoms with van der Waals surface area (Å²) in [5.74, 6) is 0.764. The van der Waals surface area contributed by atoms with E-state index in [2.05, 4.69) is 30.3 Å². The first kappa shape index (κ1) is 14.4. The third kappa shape index (κ3) is 3.22. The Bertz CT molecular complexity index is 726. The number of imidazole rings is 1. The molecular formula is C13H15N5OS2. The monoisotopic (exact) mass is 321 g/mol. The lowest BCUT2D eigenvalue weighted by molar-refractivity contribution is 0.0761. The molecule has 0 amide bonds. The van der Waals surface area contributed by atoms with E-state index in [-0.39, 0.29) is 6.10 Å². The second-order valence-corrected chi connectivity index (χ2v) is 6.20. The normalized spacial score (nSPS) is 12.9. The van der Waals surface area contributed by atoms with Crippen molar-refractivity contribution in [2.24, 2.45) is 0 Å². The van der Waals surface area contributed by atoms with Gasteiger partial charge in [-0.1, -0.05) is 11.8 Å². The van der Waals surface area contributed by atoms with Crippen LogP contribution in [0.1, 0.15) is 30.7 Å². The summed E-state index contributed by atoms with van der Waals surface area (Å²) in [7, 11) is 0. The number of hydrogen-bond acceptors (Lipinski definition) is 7. The summed E-state index contributed by atoms with van der Waals surface area (Å²) < 4.78 is 5.56. The molecule has 0 saturated carbocycles. The fourth-order valence-electron chi connectivity index (χ4n) is 1.89. The molecule has 0 saturated heterocycles. The summed E-state index contributed by atoms with van der Waals surface area (Å²) in [6, 6.07) is 0. The SMILES string of the molecule is CCO[C@H](C)c1nc(CSc2ncnc3nc[nH]c23)cs1. The highest BCUT2D eigenvalue weighted by atomic mass is 32.2. The maximum absolute atomic E-state index is 5.56. The van der Waals surface area contributed by atoms with Crippen LogP contribution in [-0.2, 0) is 10.5 Å². The highest BCUT2D eigenvalue weighted by Crippen LogP contribution is 2.28. The first-order chi connectivity index (χ1) is 10.3. The van der Waals surface area contributed by atoms with Gasteiger partial charge in [0.1, 0.15) is 28.0 Å². The van der Waals surface area contributed by atoms with E-state index in [0.717, 1.165) is 27.0 Å². The predicted octanol–water partition coefficient (Wildman–Crippen LogP) is 3.20. The maximum atomic E-state index is 5.56. The Morgan fingerprint density at radius 1 is 1.38 bits per heavy atom. The van der Waals surface area contributed by atoms with Crippen LogP contribution in [0.2, 0.25) is 0 Å². The van der Waals surface area contributed by atoms with Crippen molar-refractivity contribution in [1.82, 2.24) is 24.9 Å². The van der Waals surface area contributed by atoms with E-state index in [1.807, 2.05) is 13.8 Å². The highest BCUT2D eigenvalue weighted by Gasteiger charge is 2.12. The summed E-state index contributed by atoms with van der Waals surface area (Å²) in [6.07, 6.45) is 3.22. The predicted molar refractivity (Wildman–Crippen MR) is 83.4 cm³/mol. The third-order valence-electron chi connectivity index (χ3n) is 2.88. The molecule has 0 radical (unpaired) electrons. The van der Waals surface area contributed by atoms with E-state index in [0.29, 0.717) is 12.3 Å². The van der Waals surface area contributed by atoms with Crippen molar-refractivity contribution in [3.05, 3.63) is 28.7 Å². The van der Waals surface area contributed by atoms with Gasteiger partial charge in [0.25, 0.3) is 0 Å². The number of nitrogens with zero attached hydrogens (tertiary/aromatic N) is 4. The van der Waals surface area contributed by atoms with Crippen molar-refractivity contribution in [3.8, 4) is 0 Å². The number of H-pyrrole nitrogens is 1. The lowest BCUT2D eigenvalue weighted by atomic mass is 10.4. The Morgan fingerprint density at radius 2 is 2.29 bits per heavy atom. The molecule has 110 valence electrons. The van der Waals surface area contributed by atoms with Crippen molar-refractivity contribution in [3.63, 3.8) is 0 Å². The van der Waals surface area contributed by atoms with Crippen LogP contribution in [0.25, 0.3) is 11.2 Å². The van der Waals surface area contributed by atoms with E-state index in [4.69, 9.17) is 4.74 Å². The van der Waals surface area contributed by atoms with E-state index >= 15 is 0 Å². The number of aromatic nitrogens is 5. The first-order valence-electron chi connectivity index (χ1n) is 6.60. The summed E-state index contributed by atoms with van der Waals surface area (Å²) in [5, 5.41) is 3.98. The van der Waals surface area contributed by atoms with Gasteiger partial charge in [0, 0.05) is 17.7 Å². The number of aromatic amines is 1. The minimum Gasteiger partial charge on any atom is -0.372 e. The van der Waals surface area contributed by atoms with Crippen LogP contribution in [-0.4, -0.2) is 31.5 Å². The summed E-state index contributed by atoms with van der Waals surface area (Å²) in [4.78, 5) is 20.2. The molecule has 3 heterocycles. The van der Waals surface area contributed by atoms with Gasteiger partial charge in [-0.05, 0) is 13.8 Å². The van der Waals surface area contributed by atoms with Gasteiger partial charge in [-0.15, -0.1) is 11.3 Å². The van der Waals surface area contributed by atoms with Gasteiger partial charge in [-0.3, -0.25) is 0 Å². The van der Waals surface area contributed by atoms with E-state index in [1.165, 1.54) is 6.33 Å². The zero-order chi connectivity index (χ0) is 14.7. The zero-order valence-electron chi connectivity index (χ0n) is 11.7. The molecule has 0 bridgehead atoms. The van der Waals surface area contributed by atoms with E-state index in [1.54, 1.807) is 29.4 Å². The summed E-state index contributed by atoms with van der Waals surface area (Å²) >= 11 is 3.26. The lowest BCUT2D eigenvalue weighted by Crippen LogP contribution is -1.99. The highest BCUT2D eigenvalue weighted by molar-refractivity contribution is 7.98. The Hall–Kier alpha value is -1.51. The van der Waals surface area contributed by atoms with Crippen LogP contribution in [0.5, 0.6) is 0 Å². The van der Waals surface area contributed by atoms with Crippen LogP contribution in [0.15, 0.2) is 23.1 Å². The first-order valence-corrected chi connectivity index (χ1v) is 8.47. The fourth-order valence-corrected chi connectivity index (χ4v) is 3.67. The molecule has 0 aliphatic rings. The molecular weight excluding hydrogens is 306 g/mol. The maximum Gasteiger partial charge on any atom is 0.181 e. The van der Waals surface area contributed by atoms with Gasteiger partial charge in [0.05, 0.1) is 12.0 Å². The molecule has 1 atom stereocenters. The average Bonchev–Trinajstić information content (AvgIpc) is 3.14. The average molecular weight is 321 g/mol. The third-order valence-corrected chi connectivity index (χ3v) is 4.96. The molecule has 3 aromatic heterocycles. The second-order valence-electron chi connectivity index (χ2n) is 4.34. The molecule has 0 fully saturated rings. The van der Waals surface area contributed by atoms with Crippen LogP contribution < -0.4 is 0 Å². The molecule has 21 heavy (non-hydrogen) atoms. The zero-order valence-corrected chi connectivity index (χ0v) is 13.4. The Balaban J connectivity index is 1.69. The lowest BCUT2D eigenvalue weighted by Gasteiger charge is -2.06. The van der Waals surface area contributed by atoms with Gasteiger partial charge < -0.3 is 9.72 Å². The summed E-state index contributed by atoms with van der Waals surface area (Å²) in [6.45, 7) is 4.72. The molecule has 3 aromatic rings. The molecule has 3 rings (SSSR count). The van der Waals surface area contributed by atoms with Crippen molar-refractivity contribution < 1.29 is 4.74 Å². The Labute approximate surface area is 130 Å². The molecule has 0 unspecified atom stereocenters. The fraction of sp³-hybridized carbons (Fsp3) is 0.385. The molecule has 0 aliphatic carbocycles. The van der Waals surface area contributed by atoms with Crippen molar-refractivity contribution in [1.29, 1.82) is 0 Å². The minimum atomic E-state index is 0.0529. The standard InChI is InChI=1S/C13H15N5OS2/c1-3-19-8(2)12-18-9(4-20-12)5-21-13-10-11(15-6-14-10)16-7-17-13/h4,6-8H,3,5H2,1-2H3,(H,14,15,16,17)/t8-/m1/s1. The number of ether oxygens (including phenoxy) is 1. The minimum absolute atomic E-state index is 0.0529. The molecule has 0 aliphatic heterocycles. The molecule has 1 N–H and O–H groups in total. The largest absolute Gasteiger partial charge is 0.372 e. The van der Waals surface area contributed by atoms with Crippen LogP contribution in [0, 0.1) is 0 Å². The second kappa shape index (κ2) is 6.50. The number of thiazole rings is 1. The van der Waals surface area contributed by atoms with Gasteiger partial charge >= 0.3 is 0 Å². The van der Waals surface area contributed by atoms with E-state index in [9.17, 15) is 0 Å². The van der Waals surface area contributed by atoms with Crippen molar-refractivity contribution in [2.45, 2.75) is 30.7 Å². The number of hydrogen-bond donors (Lipinski definition) is 1. The topological polar surface area (TPSA) is 76.6 Å². The molecule has 6 nitrogen and oxygen atoms in total. The number of fused-ring (bicyclic) bond motifs is 1. The van der Waals surface area contributed by atoms with Gasteiger partial charge in [0.15, 0.2) is 5.65 Å². The smallest absolute Gasteiger partial charge is 0.181 e. The Morgan fingerprint density at radius 3 is 3.14 bits per heavy atom. The van der Waals surface area contributed by atoms with Crippen LogP contribution >= 0.6 is 23.1 Å². The summed E-state index contributed by atoms with van der Waals surface area (Å²) in [5.41, 5.74) is 2.61. The van der Waals surface area contributed by atoms with Gasteiger partial charge in [-0.25, -0.2) is 19.9 Å². The van der Waals surface area contributed by atoms with Crippen LogP contribution in [0.3, 0.4) is 0 Å². The Kier molecular flexibility index (Phi) is 4.47. The van der Waals surface area contributed by atoms with E-state index < -0.39 is 0 Å². The quantitative estimate of drug-likeness (QED) is 0.555. The van der Waals surface area contributed by atoms with Crippen molar-refractivity contribution >= 4 is 34.3 Å². The molecule has 0 spiro atoms. The van der Waals surface area contributed by atoms with Crippen molar-refractivity contribution in [2.75, 3.05) is 6.61 Å². The van der Waals surface area contributed by atoms with Gasteiger partial charge in [0.2, 0.25) is 0 Å². The van der Waals surface area contributed by atoms with Crippen LogP contribution in [0.4, 0.5) is 0 Å². The molecule has 0 aromatic carbocycles. The number of rotatable bonds is 6. The number of thioether (sulfide) groups is 1. The number of nitrogens with one attached hydrogen (secondary N) is 1. The van der Waals surface area contributed by atoms with Gasteiger partial charge in [-0.2, -0.15) is 0 Å².